The molecule has 1 aromatic heterocycles. The summed E-state index contributed by atoms with van der Waals surface area (Å²) in [7, 11) is 0. The maximum absolute atomic E-state index is 10.9. The van der Waals surface area contributed by atoms with Crippen molar-refractivity contribution in [2.24, 2.45) is 0 Å². The van der Waals surface area contributed by atoms with E-state index in [0.717, 1.165) is 18.4 Å². The lowest BCUT2D eigenvalue weighted by molar-refractivity contribution is -0.136. The van der Waals surface area contributed by atoms with Gasteiger partial charge in [-0.2, -0.15) is 0 Å². The minimum atomic E-state index is -0.885. The molecule has 4 nitrogen and oxygen atoms in total. The minimum Gasteiger partial charge on any atom is -0.481 e. The summed E-state index contributed by atoms with van der Waals surface area (Å²) >= 11 is 0. The van der Waals surface area contributed by atoms with Crippen LogP contribution in [0.5, 0.6) is 0 Å². The molecule has 1 aromatic carbocycles. The minimum absolute atomic E-state index is 0.0970. The van der Waals surface area contributed by atoms with E-state index in [2.05, 4.69) is 22.1 Å². The summed E-state index contributed by atoms with van der Waals surface area (Å²) in [6.45, 7) is 0. The monoisotopic (exact) mass is 268 g/mol. The van der Waals surface area contributed by atoms with Crippen LogP contribution in [-0.2, 0) is 24.1 Å². The molecule has 0 saturated heterocycles. The van der Waals surface area contributed by atoms with Crippen LogP contribution >= 0.6 is 0 Å². The van der Waals surface area contributed by atoms with E-state index in [4.69, 9.17) is 5.11 Å². The zero-order chi connectivity index (χ0) is 13.9. The van der Waals surface area contributed by atoms with Crippen LogP contribution in [0.3, 0.4) is 0 Å². The van der Waals surface area contributed by atoms with E-state index >= 15 is 0 Å². The van der Waals surface area contributed by atoms with Gasteiger partial charge in [-0.3, -0.25) is 14.8 Å². The molecular weight excluding hydrogens is 252 g/mol. The van der Waals surface area contributed by atoms with Crippen molar-refractivity contribution < 1.29 is 9.90 Å². The third kappa shape index (κ3) is 2.54. The van der Waals surface area contributed by atoms with Gasteiger partial charge in [0.25, 0.3) is 0 Å². The molecule has 0 fully saturated rings. The molecule has 0 aliphatic heterocycles. The van der Waals surface area contributed by atoms with Crippen molar-refractivity contribution in [3.05, 3.63) is 47.4 Å². The van der Waals surface area contributed by atoms with Crippen molar-refractivity contribution in [2.75, 3.05) is 0 Å². The van der Waals surface area contributed by atoms with Gasteiger partial charge in [0.1, 0.15) is 0 Å². The number of aryl methyl sites for hydroxylation is 2. The molecule has 0 amide bonds. The van der Waals surface area contributed by atoms with Gasteiger partial charge in [0.2, 0.25) is 0 Å². The van der Waals surface area contributed by atoms with E-state index < -0.39 is 5.97 Å². The second-order valence-electron chi connectivity index (χ2n) is 5.11. The van der Waals surface area contributed by atoms with Crippen molar-refractivity contribution >= 4 is 5.97 Å². The van der Waals surface area contributed by atoms with Crippen LogP contribution in [0.1, 0.15) is 29.7 Å². The molecule has 1 heterocycles. The van der Waals surface area contributed by atoms with E-state index in [9.17, 15) is 4.79 Å². The van der Waals surface area contributed by atoms with Gasteiger partial charge in [-0.15, -0.1) is 0 Å². The number of fused-ring (bicyclic) bond motifs is 1. The molecule has 0 bridgehead atoms. The van der Waals surface area contributed by atoms with E-state index in [1.165, 1.54) is 24.0 Å². The van der Waals surface area contributed by atoms with Crippen molar-refractivity contribution in [1.82, 2.24) is 9.97 Å². The highest BCUT2D eigenvalue weighted by atomic mass is 16.4. The fourth-order valence-corrected chi connectivity index (χ4v) is 2.76. The Morgan fingerprint density at radius 3 is 2.65 bits per heavy atom. The number of carboxylic acids is 1. The number of hydrogen-bond donors (Lipinski definition) is 1. The summed E-state index contributed by atoms with van der Waals surface area (Å²) in [6.07, 6.45) is 7.76. The van der Waals surface area contributed by atoms with Crippen molar-refractivity contribution in [2.45, 2.75) is 32.1 Å². The lowest BCUT2D eigenvalue weighted by Gasteiger charge is -2.16. The highest BCUT2D eigenvalue weighted by Crippen LogP contribution is 2.27. The molecule has 0 radical (unpaired) electrons. The number of nitrogens with zero attached hydrogens (tertiary/aromatic N) is 2. The average molecular weight is 268 g/mol. The average Bonchev–Trinajstić information content (AvgIpc) is 2.47. The summed E-state index contributed by atoms with van der Waals surface area (Å²) in [5, 5.41) is 8.96. The van der Waals surface area contributed by atoms with E-state index in [1.807, 2.05) is 6.07 Å². The number of aromatic nitrogens is 2. The SMILES string of the molecule is O=C(O)Cc1nccnc1-c1ccc2c(c1)CCCC2. The Morgan fingerprint density at radius 1 is 1.10 bits per heavy atom. The quantitative estimate of drug-likeness (QED) is 0.929. The number of hydrogen-bond acceptors (Lipinski definition) is 3. The van der Waals surface area contributed by atoms with Crippen molar-refractivity contribution in [3.8, 4) is 11.3 Å². The topological polar surface area (TPSA) is 63.1 Å². The van der Waals surface area contributed by atoms with Gasteiger partial charge in [0.05, 0.1) is 17.8 Å². The van der Waals surface area contributed by atoms with Crippen LogP contribution < -0.4 is 0 Å². The third-order valence-corrected chi connectivity index (χ3v) is 3.71. The largest absolute Gasteiger partial charge is 0.481 e. The van der Waals surface area contributed by atoms with Crippen LogP contribution in [0.15, 0.2) is 30.6 Å². The predicted molar refractivity (Wildman–Crippen MR) is 75.4 cm³/mol. The van der Waals surface area contributed by atoms with Gasteiger partial charge in [-0.25, -0.2) is 0 Å². The maximum atomic E-state index is 10.9. The Bertz CT molecular complexity index is 653. The van der Waals surface area contributed by atoms with Crippen LogP contribution in [0.2, 0.25) is 0 Å². The lowest BCUT2D eigenvalue weighted by Crippen LogP contribution is -2.06. The van der Waals surface area contributed by atoms with Gasteiger partial charge in [-0.05, 0) is 42.9 Å². The Morgan fingerprint density at radius 2 is 1.85 bits per heavy atom. The first kappa shape index (κ1) is 12.8. The number of carboxylic acid groups (broad SMARTS) is 1. The van der Waals surface area contributed by atoms with Crippen molar-refractivity contribution in [1.29, 1.82) is 0 Å². The van der Waals surface area contributed by atoms with Gasteiger partial charge in [0, 0.05) is 18.0 Å². The summed E-state index contributed by atoms with van der Waals surface area (Å²) in [5.74, 6) is -0.885. The number of benzene rings is 1. The molecule has 1 aliphatic rings. The molecule has 20 heavy (non-hydrogen) atoms. The van der Waals surface area contributed by atoms with Crippen LogP contribution in [0.4, 0.5) is 0 Å². The fourth-order valence-electron chi connectivity index (χ4n) is 2.76. The second kappa shape index (κ2) is 5.41. The molecule has 4 heteroatoms. The molecule has 102 valence electrons. The van der Waals surface area contributed by atoms with Crippen LogP contribution in [0.25, 0.3) is 11.3 Å². The van der Waals surface area contributed by atoms with E-state index in [1.54, 1.807) is 12.4 Å². The zero-order valence-electron chi connectivity index (χ0n) is 11.2. The van der Waals surface area contributed by atoms with Crippen molar-refractivity contribution in [3.63, 3.8) is 0 Å². The Labute approximate surface area is 117 Å². The fraction of sp³-hybridized carbons (Fsp3) is 0.312. The standard InChI is InChI=1S/C16H16N2O2/c19-15(20)10-14-16(18-8-7-17-14)13-6-5-11-3-1-2-4-12(11)9-13/h5-9H,1-4,10H2,(H,19,20). The highest BCUT2D eigenvalue weighted by molar-refractivity contribution is 5.74. The number of rotatable bonds is 3. The summed E-state index contributed by atoms with van der Waals surface area (Å²) in [5.41, 5.74) is 4.94. The Kier molecular flexibility index (Phi) is 3.46. The summed E-state index contributed by atoms with van der Waals surface area (Å²) in [4.78, 5) is 19.4. The summed E-state index contributed by atoms with van der Waals surface area (Å²) < 4.78 is 0. The molecule has 0 atom stereocenters. The maximum Gasteiger partial charge on any atom is 0.309 e. The normalized spacial score (nSPS) is 13.8. The van der Waals surface area contributed by atoms with Gasteiger partial charge in [0.15, 0.2) is 0 Å². The van der Waals surface area contributed by atoms with E-state index in [-0.39, 0.29) is 6.42 Å². The molecule has 0 saturated carbocycles. The Hall–Kier alpha value is -2.23. The molecule has 2 aromatic rings. The number of carbonyl (C=O) groups is 1. The van der Waals surface area contributed by atoms with Gasteiger partial charge < -0.3 is 5.11 Å². The molecule has 3 rings (SSSR count). The van der Waals surface area contributed by atoms with Gasteiger partial charge >= 0.3 is 5.97 Å². The van der Waals surface area contributed by atoms with Crippen LogP contribution in [0, 0.1) is 0 Å². The third-order valence-electron chi connectivity index (χ3n) is 3.71. The lowest BCUT2D eigenvalue weighted by atomic mass is 9.89. The first-order chi connectivity index (χ1) is 9.74. The second-order valence-corrected chi connectivity index (χ2v) is 5.11. The predicted octanol–water partition coefficient (Wildman–Crippen LogP) is 2.65. The van der Waals surface area contributed by atoms with E-state index in [0.29, 0.717) is 11.4 Å². The summed E-state index contributed by atoms with van der Waals surface area (Å²) in [6, 6.07) is 6.31. The number of aliphatic carboxylic acids is 1. The molecule has 0 unspecified atom stereocenters. The Balaban J connectivity index is 2.02. The van der Waals surface area contributed by atoms with Gasteiger partial charge in [-0.1, -0.05) is 12.1 Å². The van der Waals surface area contributed by atoms with Crippen LogP contribution in [-0.4, -0.2) is 21.0 Å². The highest BCUT2D eigenvalue weighted by Gasteiger charge is 2.14. The first-order valence-corrected chi connectivity index (χ1v) is 6.88. The molecule has 0 spiro atoms. The molecule has 1 N–H and O–H groups in total. The first-order valence-electron chi connectivity index (χ1n) is 6.88. The molecule has 1 aliphatic carbocycles. The molecular formula is C16H16N2O2. The zero-order valence-corrected chi connectivity index (χ0v) is 11.2. The smallest absolute Gasteiger partial charge is 0.309 e.